The van der Waals surface area contributed by atoms with Crippen LogP contribution in [0.4, 0.5) is 20.3 Å². The van der Waals surface area contributed by atoms with Crippen molar-refractivity contribution in [2.45, 2.75) is 4.90 Å². The Morgan fingerprint density at radius 2 is 2.00 bits per heavy atom. The topological polar surface area (TPSA) is 85.1 Å². The fourth-order valence-electron chi connectivity index (χ4n) is 1.46. The van der Waals surface area contributed by atoms with Crippen LogP contribution in [0, 0.1) is 11.6 Å². The average Bonchev–Trinajstić information content (AvgIpc) is 2.34. The standard InChI is InChI=1S/C11H8ClF2N3O2S/c12-7-4-6(13)5-8(14)10(7)17-20(18,19)9-2-1-3-16-11(9)15/h1-5,17H,(H2,15,16). The number of nitrogen functional groups attached to an aromatic ring is 1. The summed E-state index contributed by atoms with van der Waals surface area (Å²) in [6.07, 6.45) is 1.31. The van der Waals surface area contributed by atoms with E-state index in [0.717, 1.165) is 6.07 Å². The molecule has 2 aromatic rings. The van der Waals surface area contributed by atoms with Gasteiger partial charge in [-0.2, -0.15) is 0 Å². The predicted molar refractivity (Wildman–Crippen MR) is 70.8 cm³/mol. The van der Waals surface area contributed by atoms with Gasteiger partial charge in [0.2, 0.25) is 0 Å². The highest BCUT2D eigenvalue weighted by Crippen LogP contribution is 2.29. The van der Waals surface area contributed by atoms with Crippen LogP contribution in [0.3, 0.4) is 0 Å². The van der Waals surface area contributed by atoms with Crippen LogP contribution in [0.2, 0.25) is 5.02 Å². The number of hydrogen-bond acceptors (Lipinski definition) is 4. The van der Waals surface area contributed by atoms with Gasteiger partial charge >= 0.3 is 0 Å². The molecule has 0 saturated carbocycles. The Labute approximate surface area is 118 Å². The smallest absolute Gasteiger partial charge is 0.265 e. The van der Waals surface area contributed by atoms with Gasteiger partial charge in [0.05, 0.1) is 5.02 Å². The van der Waals surface area contributed by atoms with E-state index in [4.69, 9.17) is 17.3 Å². The molecule has 0 aliphatic heterocycles. The highest BCUT2D eigenvalue weighted by Gasteiger charge is 2.21. The van der Waals surface area contributed by atoms with E-state index < -0.39 is 32.4 Å². The van der Waals surface area contributed by atoms with Gasteiger partial charge in [-0.05, 0) is 18.2 Å². The van der Waals surface area contributed by atoms with E-state index in [9.17, 15) is 17.2 Å². The van der Waals surface area contributed by atoms with Crippen molar-refractivity contribution in [2.75, 3.05) is 10.5 Å². The highest BCUT2D eigenvalue weighted by atomic mass is 35.5. The van der Waals surface area contributed by atoms with Crippen LogP contribution in [-0.4, -0.2) is 13.4 Å². The van der Waals surface area contributed by atoms with E-state index in [0.29, 0.717) is 6.07 Å². The normalized spacial score (nSPS) is 11.3. The second-order valence-electron chi connectivity index (χ2n) is 3.74. The average molecular weight is 320 g/mol. The number of benzene rings is 1. The summed E-state index contributed by atoms with van der Waals surface area (Å²) >= 11 is 5.61. The molecule has 0 unspecified atom stereocenters. The minimum Gasteiger partial charge on any atom is -0.383 e. The first-order chi connectivity index (χ1) is 9.31. The first kappa shape index (κ1) is 14.5. The van der Waals surface area contributed by atoms with Gasteiger partial charge in [-0.3, -0.25) is 4.72 Å². The molecule has 0 radical (unpaired) electrons. The van der Waals surface area contributed by atoms with Crippen LogP contribution in [0.5, 0.6) is 0 Å². The summed E-state index contributed by atoms with van der Waals surface area (Å²) in [6, 6.07) is 3.85. The zero-order chi connectivity index (χ0) is 14.9. The lowest BCUT2D eigenvalue weighted by Gasteiger charge is -2.11. The first-order valence-corrected chi connectivity index (χ1v) is 7.05. The van der Waals surface area contributed by atoms with E-state index in [1.165, 1.54) is 18.3 Å². The van der Waals surface area contributed by atoms with Crippen LogP contribution in [0.25, 0.3) is 0 Å². The quantitative estimate of drug-likeness (QED) is 0.909. The molecular formula is C11H8ClF2N3O2S. The molecule has 2 rings (SSSR count). The van der Waals surface area contributed by atoms with Crippen LogP contribution in [0.15, 0.2) is 35.4 Å². The highest BCUT2D eigenvalue weighted by molar-refractivity contribution is 7.92. The molecule has 1 aromatic heterocycles. The predicted octanol–water partition coefficient (Wildman–Crippen LogP) is 2.40. The Morgan fingerprint density at radius 1 is 1.30 bits per heavy atom. The minimum absolute atomic E-state index is 0.251. The number of rotatable bonds is 3. The molecule has 0 fully saturated rings. The lowest BCUT2D eigenvalue weighted by atomic mass is 10.3. The maximum Gasteiger partial charge on any atom is 0.265 e. The molecule has 1 aromatic carbocycles. The summed E-state index contributed by atoms with van der Waals surface area (Å²) in [7, 11) is -4.19. The number of aromatic nitrogens is 1. The van der Waals surface area contributed by atoms with Crippen LogP contribution >= 0.6 is 11.6 Å². The number of hydrogen-bond donors (Lipinski definition) is 2. The fourth-order valence-corrected chi connectivity index (χ4v) is 2.93. The third kappa shape index (κ3) is 2.81. The molecule has 20 heavy (non-hydrogen) atoms. The maximum absolute atomic E-state index is 13.6. The van der Waals surface area contributed by atoms with Crippen LogP contribution in [-0.2, 0) is 10.0 Å². The Hall–Kier alpha value is -1.93. The summed E-state index contributed by atoms with van der Waals surface area (Å²) in [5.41, 5.74) is 4.88. The summed E-state index contributed by atoms with van der Waals surface area (Å²) in [5, 5.41) is -0.409. The van der Waals surface area contributed by atoms with Gasteiger partial charge in [-0.15, -0.1) is 0 Å². The molecule has 3 N–H and O–H groups in total. The number of halogens is 3. The van der Waals surface area contributed by atoms with Crippen LogP contribution in [0.1, 0.15) is 0 Å². The molecular weight excluding hydrogens is 312 g/mol. The number of sulfonamides is 1. The SMILES string of the molecule is Nc1ncccc1S(=O)(=O)Nc1c(F)cc(F)cc1Cl. The minimum atomic E-state index is -4.19. The van der Waals surface area contributed by atoms with E-state index >= 15 is 0 Å². The second-order valence-corrected chi connectivity index (χ2v) is 5.79. The Bertz CT molecular complexity index is 745. The molecule has 9 heteroatoms. The van der Waals surface area contributed by atoms with E-state index in [1.54, 1.807) is 0 Å². The fraction of sp³-hybridized carbons (Fsp3) is 0. The largest absolute Gasteiger partial charge is 0.383 e. The van der Waals surface area contributed by atoms with Gasteiger partial charge in [0.1, 0.15) is 22.2 Å². The van der Waals surface area contributed by atoms with E-state index in [1.807, 2.05) is 4.72 Å². The molecule has 0 aliphatic rings. The maximum atomic E-state index is 13.6. The van der Waals surface area contributed by atoms with Gasteiger partial charge in [0, 0.05) is 12.3 Å². The van der Waals surface area contributed by atoms with Crippen molar-refractivity contribution in [3.05, 3.63) is 47.1 Å². The van der Waals surface area contributed by atoms with Gasteiger partial charge in [-0.1, -0.05) is 11.6 Å². The van der Waals surface area contributed by atoms with Crippen molar-refractivity contribution in [1.29, 1.82) is 0 Å². The number of nitrogens with zero attached hydrogens (tertiary/aromatic N) is 1. The summed E-state index contributed by atoms with van der Waals surface area (Å²) < 4.78 is 52.5. The number of pyridine rings is 1. The number of nitrogens with two attached hydrogens (primary N) is 1. The summed E-state index contributed by atoms with van der Waals surface area (Å²) in [6.45, 7) is 0. The Morgan fingerprint density at radius 3 is 2.60 bits per heavy atom. The first-order valence-electron chi connectivity index (χ1n) is 5.19. The zero-order valence-corrected chi connectivity index (χ0v) is 11.3. The van der Waals surface area contributed by atoms with Crippen molar-refractivity contribution in [2.24, 2.45) is 0 Å². The molecule has 0 atom stereocenters. The van der Waals surface area contributed by atoms with Gasteiger partial charge < -0.3 is 5.73 Å². The summed E-state index contributed by atoms with van der Waals surface area (Å²) in [4.78, 5) is 3.28. The van der Waals surface area contributed by atoms with Gasteiger partial charge in [0.15, 0.2) is 5.82 Å². The third-order valence-corrected chi connectivity index (χ3v) is 4.03. The van der Waals surface area contributed by atoms with Crippen molar-refractivity contribution in [1.82, 2.24) is 4.98 Å². The van der Waals surface area contributed by atoms with Crippen molar-refractivity contribution < 1.29 is 17.2 Å². The second kappa shape index (κ2) is 5.22. The third-order valence-electron chi connectivity index (χ3n) is 2.33. The lowest BCUT2D eigenvalue weighted by Crippen LogP contribution is -2.16. The van der Waals surface area contributed by atoms with Gasteiger partial charge in [-0.25, -0.2) is 22.2 Å². The summed E-state index contributed by atoms with van der Waals surface area (Å²) in [5.74, 6) is -2.31. The monoisotopic (exact) mass is 319 g/mol. The number of anilines is 2. The van der Waals surface area contributed by atoms with Crippen molar-refractivity contribution in [3.8, 4) is 0 Å². The van der Waals surface area contributed by atoms with Gasteiger partial charge in [0.25, 0.3) is 10.0 Å². The molecule has 0 amide bonds. The van der Waals surface area contributed by atoms with Crippen molar-refractivity contribution in [3.63, 3.8) is 0 Å². The molecule has 1 heterocycles. The molecule has 0 bridgehead atoms. The molecule has 0 spiro atoms. The molecule has 0 aliphatic carbocycles. The van der Waals surface area contributed by atoms with E-state index in [2.05, 4.69) is 4.98 Å². The lowest BCUT2D eigenvalue weighted by molar-refractivity contribution is 0.583. The van der Waals surface area contributed by atoms with E-state index in [-0.39, 0.29) is 10.7 Å². The van der Waals surface area contributed by atoms with Crippen molar-refractivity contribution >= 4 is 33.1 Å². The Kier molecular flexibility index (Phi) is 3.78. The van der Waals surface area contributed by atoms with Crippen LogP contribution < -0.4 is 10.5 Å². The molecule has 106 valence electrons. The number of nitrogens with one attached hydrogen (secondary N) is 1. The molecule has 0 saturated heterocycles. The Balaban J connectivity index is 2.47. The zero-order valence-electron chi connectivity index (χ0n) is 9.77. The molecule has 5 nitrogen and oxygen atoms in total.